The Labute approximate surface area is 196 Å². The molecule has 32 heavy (non-hydrogen) atoms. The molecule has 176 valence electrons. The van der Waals surface area contributed by atoms with Crippen LogP contribution in [0.2, 0.25) is 5.02 Å². The molecule has 8 nitrogen and oxygen atoms in total. The topological polar surface area (TPSA) is 102 Å². The van der Waals surface area contributed by atoms with Gasteiger partial charge in [0.15, 0.2) is 0 Å². The molecule has 0 radical (unpaired) electrons. The molecule has 2 rings (SSSR count). The Morgan fingerprint density at radius 2 is 1.91 bits per heavy atom. The second kappa shape index (κ2) is 12.1. The molecule has 3 atom stereocenters. The van der Waals surface area contributed by atoms with Crippen molar-refractivity contribution in [3.05, 3.63) is 46.5 Å². The summed E-state index contributed by atoms with van der Waals surface area (Å²) in [7, 11) is 1.30. The normalized spacial score (nSPS) is 19.9. The third kappa shape index (κ3) is 7.43. The van der Waals surface area contributed by atoms with E-state index in [1.807, 2.05) is 4.90 Å². The number of carbonyl (C=O) groups is 3. The molecule has 1 aromatic carbocycles. The van der Waals surface area contributed by atoms with E-state index in [1.165, 1.54) is 18.9 Å². The number of carbonyl (C=O) groups excluding carboxylic acids is 2. The highest BCUT2D eigenvalue weighted by molar-refractivity contribution is 8.00. The van der Waals surface area contributed by atoms with Crippen molar-refractivity contribution in [3.63, 3.8) is 0 Å². The second-order valence-electron chi connectivity index (χ2n) is 7.49. The number of ether oxygens (including phenoxy) is 3. The monoisotopic (exact) mass is 485 g/mol. The van der Waals surface area contributed by atoms with Crippen molar-refractivity contribution in [2.24, 2.45) is 0 Å². The zero-order chi connectivity index (χ0) is 23.8. The third-order valence-electron chi connectivity index (χ3n) is 4.73. The van der Waals surface area contributed by atoms with E-state index in [1.54, 1.807) is 45.0 Å². The van der Waals surface area contributed by atoms with Crippen molar-refractivity contribution in [3.8, 4) is 0 Å². The summed E-state index contributed by atoms with van der Waals surface area (Å²) in [6.45, 7) is 5.86. The highest BCUT2D eigenvalue weighted by atomic mass is 35.5. The van der Waals surface area contributed by atoms with Gasteiger partial charge in [-0.05, 0) is 44.4 Å². The number of likely N-dealkylation sites (tertiary alicyclic amines) is 1. The number of carboxylic acid groups (broad SMARTS) is 1. The zero-order valence-corrected chi connectivity index (χ0v) is 20.0. The summed E-state index contributed by atoms with van der Waals surface area (Å²) in [4.78, 5) is 37.7. The Morgan fingerprint density at radius 3 is 2.50 bits per heavy atom. The molecule has 0 bridgehead atoms. The predicted molar refractivity (Wildman–Crippen MR) is 122 cm³/mol. The molecule has 1 aliphatic heterocycles. The molecule has 1 fully saturated rings. The molecule has 0 spiro atoms. The molecule has 10 heteroatoms. The highest BCUT2D eigenvalue weighted by Gasteiger charge is 2.36. The number of benzene rings is 1. The second-order valence-corrected chi connectivity index (χ2v) is 9.40. The molecule has 1 aliphatic rings. The summed E-state index contributed by atoms with van der Waals surface area (Å²) >= 11 is 7.66. The maximum Gasteiger partial charge on any atom is 0.509 e. The molecular formula is C22H28ClNO7S. The van der Waals surface area contributed by atoms with Crippen LogP contribution in [0.15, 0.2) is 35.9 Å². The third-order valence-corrected chi connectivity index (χ3v) is 6.42. The number of esters is 1. The van der Waals surface area contributed by atoms with Gasteiger partial charge in [0, 0.05) is 29.4 Å². The van der Waals surface area contributed by atoms with Crippen LogP contribution in [0, 0.1) is 0 Å². The molecule has 1 saturated heterocycles. The largest absolute Gasteiger partial charge is 0.509 e. The standard InChI is InChI=1S/C22H28ClNO7S/c1-13(2)30-22(28)31-14(3)32-18-9-10-24(12-15(18)11-19(25)26)20(21(27)29-4)16-7-5-6-8-17(16)23/h5-8,11,13-14,18,20H,9-10,12H2,1-4H3,(H,25,26)/b15-11-/t14?,18?,20-/m0/s1. The molecular weight excluding hydrogens is 458 g/mol. The van der Waals surface area contributed by atoms with Crippen molar-refractivity contribution in [1.29, 1.82) is 0 Å². The van der Waals surface area contributed by atoms with Gasteiger partial charge in [-0.2, -0.15) is 0 Å². The van der Waals surface area contributed by atoms with Gasteiger partial charge in [0.1, 0.15) is 11.5 Å². The number of nitrogens with zero attached hydrogens (tertiary/aromatic N) is 1. The first-order valence-electron chi connectivity index (χ1n) is 10.1. The molecule has 0 aliphatic carbocycles. The summed E-state index contributed by atoms with van der Waals surface area (Å²) in [5.41, 5.74) is 0.646. The molecule has 0 amide bonds. The van der Waals surface area contributed by atoms with Gasteiger partial charge in [-0.25, -0.2) is 14.4 Å². The summed E-state index contributed by atoms with van der Waals surface area (Å²) in [6, 6.07) is 6.22. The maximum atomic E-state index is 12.6. The minimum Gasteiger partial charge on any atom is -0.478 e. The number of hydrogen-bond acceptors (Lipinski definition) is 8. The van der Waals surface area contributed by atoms with Crippen molar-refractivity contribution in [1.82, 2.24) is 4.90 Å². The number of methoxy groups -OCH3 is 1. The van der Waals surface area contributed by atoms with E-state index in [0.29, 0.717) is 29.1 Å². The minimum absolute atomic E-state index is 0.214. The Kier molecular flexibility index (Phi) is 9.86. The lowest BCUT2D eigenvalue weighted by molar-refractivity contribution is -0.147. The number of rotatable bonds is 8. The first-order valence-corrected chi connectivity index (χ1v) is 11.5. The molecule has 1 N–H and O–H groups in total. The molecule has 2 unspecified atom stereocenters. The fraction of sp³-hybridized carbons (Fsp3) is 0.500. The lowest BCUT2D eigenvalue weighted by Gasteiger charge is -2.38. The summed E-state index contributed by atoms with van der Waals surface area (Å²) in [6.07, 6.45) is 0.606. The Hall–Kier alpha value is -2.23. The van der Waals surface area contributed by atoms with Gasteiger partial charge in [-0.15, -0.1) is 11.8 Å². The van der Waals surface area contributed by atoms with E-state index in [2.05, 4.69) is 0 Å². The lowest BCUT2D eigenvalue weighted by atomic mass is 9.98. The molecule has 1 heterocycles. The van der Waals surface area contributed by atoms with E-state index in [-0.39, 0.29) is 17.9 Å². The fourth-order valence-corrected chi connectivity index (χ4v) is 4.85. The van der Waals surface area contributed by atoms with Gasteiger partial charge in [-0.3, -0.25) is 4.90 Å². The number of hydrogen-bond donors (Lipinski definition) is 1. The highest BCUT2D eigenvalue weighted by Crippen LogP contribution is 2.36. The average Bonchev–Trinajstić information content (AvgIpc) is 2.70. The number of carboxylic acids is 1. The number of halogens is 1. The van der Waals surface area contributed by atoms with Crippen LogP contribution in [0.4, 0.5) is 4.79 Å². The van der Waals surface area contributed by atoms with E-state index < -0.39 is 29.6 Å². The summed E-state index contributed by atoms with van der Waals surface area (Å²) in [5, 5.41) is 9.59. The quantitative estimate of drug-likeness (QED) is 0.328. The van der Waals surface area contributed by atoms with Crippen LogP contribution < -0.4 is 0 Å². The van der Waals surface area contributed by atoms with Gasteiger partial charge in [0.25, 0.3) is 0 Å². The average molecular weight is 486 g/mol. The Morgan fingerprint density at radius 1 is 1.22 bits per heavy atom. The van der Waals surface area contributed by atoms with E-state index in [0.717, 1.165) is 6.08 Å². The van der Waals surface area contributed by atoms with Gasteiger partial charge in [-0.1, -0.05) is 29.8 Å². The summed E-state index contributed by atoms with van der Waals surface area (Å²) < 4.78 is 15.3. The lowest BCUT2D eigenvalue weighted by Crippen LogP contribution is -2.43. The van der Waals surface area contributed by atoms with Crippen molar-refractivity contribution < 1.29 is 33.7 Å². The van der Waals surface area contributed by atoms with Crippen molar-refractivity contribution in [2.75, 3.05) is 20.2 Å². The predicted octanol–water partition coefficient (Wildman–Crippen LogP) is 4.28. The Bertz CT molecular complexity index is 860. The smallest absolute Gasteiger partial charge is 0.478 e. The minimum atomic E-state index is -1.09. The number of aliphatic carboxylic acids is 1. The van der Waals surface area contributed by atoms with Gasteiger partial charge < -0.3 is 19.3 Å². The Balaban J connectivity index is 2.20. The van der Waals surface area contributed by atoms with Gasteiger partial charge in [0.2, 0.25) is 0 Å². The van der Waals surface area contributed by atoms with E-state index in [9.17, 15) is 19.5 Å². The van der Waals surface area contributed by atoms with Crippen LogP contribution in [0.25, 0.3) is 0 Å². The van der Waals surface area contributed by atoms with Crippen LogP contribution in [-0.4, -0.2) is 65.1 Å². The van der Waals surface area contributed by atoms with Crippen LogP contribution in [0.3, 0.4) is 0 Å². The van der Waals surface area contributed by atoms with Crippen molar-refractivity contribution in [2.45, 2.75) is 50.0 Å². The van der Waals surface area contributed by atoms with Crippen molar-refractivity contribution >= 4 is 41.5 Å². The SMILES string of the molecule is COC(=O)[C@H](c1ccccc1Cl)N1CCC(SC(C)OC(=O)OC(C)C)/C(=C\C(=O)O)C1. The van der Waals surface area contributed by atoms with E-state index in [4.69, 9.17) is 25.8 Å². The van der Waals surface area contributed by atoms with Crippen LogP contribution in [0.5, 0.6) is 0 Å². The number of piperidine rings is 1. The maximum absolute atomic E-state index is 12.6. The fourth-order valence-electron chi connectivity index (χ4n) is 3.45. The van der Waals surface area contributed by atoms with E-state index >= 15 is 0 Å². The first kappa shape index (κ1) is 26.0. The van der Waals surface area contributed by atoms with Crippen LogP contribution in [-0.2, 0) is 23.8 Å². The van der Waals surface area contributed by atoms with Gasteiger partial charge >= 0.3 is 18.1 Å². The number of thioether (sulfide) groups is 1. The molecule has 0 aromatic heterocycles. The molecule has 1 aromatic rings. The first-order chi connectivity index (χ1) is 15.1. The zero-order valence-electron chi connectivity index (χ0n) is 18.4. The van der Waals surface area contributed by atoms with Crippen LogP contribution in [0.1, 0.15) is 38.8 Å². The summed E-state index contributed by atoms with van der Waals surface area (Å²) in [5.74, 6) is -1.57. The molecule has 0 saturated carbocycles. The van der Waals surface area contributed by atoms with Crippen LogP contribution >= 0.6 is 23.4 Å². The van der Waals surface area contributed by atoms with Gasteiger partial charge in [0.05, 0.1) is 13.2 Å².